The van der Waals surface area contributed by atoms with E-state index in [1.54, 1.807) is 0 Å². The van der Waals surface area contributed by atoms with Crippen LogP contribution in [-0.2, 0) is 0 Å². The van der Waals surface area contributed by atoms with Gasteiger partial charge in [0.05, 0.1) is 10.4 Å². The van der Waals surface area contributed by atoms with Crippen molar-refractivity contribution in [2.45, 2.75) is 12.3 Å². The first-order valence-electron chi connectivity index (χ1n) is 5.44. The van der Waals surface area contributed by atoms with Crippen LogP contribution in [0, 0.1) is 24.4 Å². The summed E-state index contributed by atoms with van der Waals surface area (Å²) in [4.78, 5) is 0. The lowest BCUT2D eigenvalue weighted by Gasteiger charge is -2.13. The molecule has 0 aliphatic heterocycles. The van der Waals surface area contributed by atoms with Gasteiger partial charge in [-0.05, 0) is 42.3 Å². The van der Waals surface area contributed by atoms with E-state index in [1.807, 2.05) is 0 Å². The van der Waals surface area contributed by atoms with Crippen LogP contribution in [0.25, 0.3) is 0 Å². The first kappa shape index (κ1) is 14.2. The van der Waals surface area contributed by atoms with Gasteiger partial charge in [0, 0.05) is 5.56 Å². The third-order valence-corrected chi connectivity index (χ3v) is 3.56. The molecule has 0 bridgehead atoms. The molecule has 0 amide bonds. The third-order valence-electron chi connectivity index (χ3n) is 2.79. The van der Waals surface area contributed by atoms with Gasteiger partial charge in [0.15, 0.2) is 0 Å². The Morgan fingerprint density at radius 3 is 2.26 bits per heavy atom. The molecule has 100 valence electrons. The molecule has 0 radical (unpaired) electrons. The molecule has 0 N–H and O–H groups in total. The van der Waals surface area contributed by atoms with Crippen LogP contribution >= 0.6 is 23.2 Å². The van der Waals surface area contributed by atoms with Crippen LogP contribution in [0.15, 0.2) is 30.3 Å². The minimum absolute atomic E-state index is 0.00700. The monoisotopic (exact) mass is 304 g/mol. The summed E-state index contributed by atoms with van der Waals surface area (Å²) >= 11 is 11.7. The van der Waals surface area contributed by atoms with Crippen LogP contribution in [-0.4, -0.2) is 0 Å². The van der Waals surface area contributed by atoms with Gasteiger partial charge in [-0.15, -0.1) is 11.6 Å². The lowest BCUT2D eigenvalue weighted by molar-refractivity contribution is 0.580. The van der Waals surface area contributed by atoms with E-state index in [1.165, 1.54) is 19.1 Å². The molecule has 2 aromatic carbocycles. The Kier molecular flexibility index (Phi) is 4.07. The minimum atomic E-state index is -0.937. The van der Waals surface area contributed by atoms with Crippen molar-refractivity contribution in [2.24, 2.45) is 0 Å². The fourth-order valence-electron chi connectivity index (χ4n) is 1.71. The van der Waals surface area contributed by atoms with Crippen molar-refractivity contribution in [1.82, 2.24) is 0 Å². The number of aryl methyl sites for hydroxylation is 1. The summed E-state index contributed by atoms with van der Waals surface area (Å²) in [5.74, 6) is -1.75. The molecule has 19 heavy (non-hydrogen) atoms. The fourth-order valence-corrected chi connectivity index (χ4v) is 2.20. The Morgan fingerprint density at radius 2 is 1.63 bits per heavy atom. The molecule has 0 spiro atoms. The van der Waals surface area contributed by atoms with Crippen molar-refractivity contribution in [3.63, 3.8) is 0 Å². The Morgan fingerprint density at radius 1 is 0.947 bits per heavy atom. The average Bonchev–Trinajstić information content (AvgIpc) is 2.36. The maximum atomic E-state index is 13.8. The molecular formula is C14H9Cl2F3. The number of hydrogen-bond acceptors (Lipinski definition) is 0. The summed E-state index contributed by atoms with van der Waals surface area (Å²) in [5.41, 5.74) is 0.588. The molecular weight excluding hydrogens is 296 g/mol. The highest BCUT2D eigenvalue weighted by atomic mass is 35.5. The second-order valence-electron chi connectivity index (χ2n) is 4.16. The zero-order valence-electron chi connectivity index (χ0n) is 9.85. The van der Waals surface area contributed by atoms with Gasteiger partial charge in [-0.3, -0.25) is 0 Å². The minimum Gasteiger partial charge on any atom is -0.207 e. The molecule has 0 nitrogen and oxygen atoms in total. The van der Waals surface area contributed by atoms with E-state index in [2.05, 4.69) is 0 Å². The largest absolute Gasteiger partial charge is 0.207 e. The topological polar surface area (TPSA) is 0 Å². The van der Waals surface area contributed by atoms with Crippen LogP contribution in [0.1, 0.15) is 22.1 Å². The van der Waals surface area contributed by atoms with E-state index in [-0.39, 0.29) is 16.1 Å². The van der Waals surface area contributed by atoms with Crippen LogP contribution in [0.2, 0.25) is 5.02 Å². The van der Waals surface area contributed by atoms with Crippen molar-refractivity contribution in [2.75, 3.05) is 0 Å². The smallest absolute Gasteiger partial charge is 0.141 e. The third kappa shape index (κ3) is 2.88. The van der Waals surface area contributed by atoms with E-state index in [0.717, 1.165) is 18.2 Å². The normalized spacial score (nSPS) is 12.5. The van der Waals surface area contributed by atoms with Gasteiger partial charge in [0.2, 0.25) is 0 Å². The molecule has 0 heterocycles. The van der Waals surface area contributed by atoms with Crippen LogP contribution in [0.4, 0.5) is 13.2 Å². The van der Waals surface area contributed by atoms with Crippen molar-refractivity contribution in [1.29, 1.82) is 0 Å². The number of rotatable bonds is 2. The van der Waals surface area contributed by atoms with Crippen LogP contribution < -0.4 is 0 Å². The van der Waals surface area contributed by atoms with Gasteiger partial charge in [0.1, 0.15) is 17.5 Å². The second-order valence-corrected chi connectivity index (χ2v) is 5.00. The molecule has 0 aliphatic rings. The lowest BCUT2D eigenvalue weighted by atomic mass is 10.0. The SMILES string of the molecule is Cc1cc(F)c(C(Cl)c2ccc(F)c(Cl)c2)cc1F. The van der Waals surface area contributed by atoms with E-state index in [0.29, 0.717) is 5.56 Å². The van der Waals surface area contributed by atoms with Gasteiger partial charge >= 0.3 is 0 Å². The molecule has 1 atom stereocenters. The standard InChI is InChI=1S/C14H9Cl2F3/c1-7-4-13(19)9(6-12(7)18)14(16)8-2-3-11(17)10(15)5-8/h2-6,14H,1H3. The summed E-state index contributed by atoms with van der Waals surface area (Å²) in [6.07, 6.45) is 0. The molecule has 2 rings (SSSR count). The maximum Gasteiger partial charge on any atom is 0.141 e. The van der Waals surface area contributed by atoms with Gasteiger partial charge in [0.25, 0.3) is 0 Å². The summed E-state index contributed by atoms with van der Waals surface area (Å²) < 4.78 is 40.3. The Labute approximate surface area is 118 Å². The summed E-state index contributed by atoms with van der Waals surface area (Å²) in [6.45, 7) is 1.46. The molecule has 0 aromatic heterocycles. The summed E-state index contributed by atoms with van der Waals surface area (Å²) in [5, 5.41) is -1.05. The van der Waals surface area contributed by atoms with Crippen molar-refractivity contribution < 1.29 is 13.2 Å². The van der Waals surface area contributed by atoms with Crippen molar-refractivity contribution in [3.8, 4) is 0 Å². The highest BCUT2D eigenvalue weighted by Crippen LogP contribution is 2.33. The number of halogens is 5. The molecule has 0 fully saturated rings. The lowest BCUT2D eigenvalue weighted by Crippen LogP contribution is -2.00. The number of benzene rings is 2. The molecule has 0 saturated heterocycles. The number of alkyl halides is 1. The fraction of sp³-hybridized carbons (Fsp3) is 0.143. The first-order valence-corrected chi connectivity index (χ1v) is 6.26. The summed E-state index contributed by atoms with van der Waals surface area (Å²) in [7, 11) is 0. The molecule has 0 aliphatic carbocycles. The predicted molar refractivity (Wildman–Crippen MR) is 70.2 cm³/mol. The van der Waals surface area contributed by atoms with Gasteiger partial charge < -0.3 is 0 Å². The molecule has 2 aromatic rings. The van der Waals surface area contributed by atoms with Crippen molar-refractivity contribution in [3.05, 3.63) is 69.5 Å². The predicted octanol–water partition coefficient (Wildman–Crippen LogP) is 5.39. The second kappa shape index (κ2) is 5.43. The highest BCUT2D eigenvalue weighted by molar-refractivity contribution is 6.31. The van der Waals surface area contributed by atoms with E-state index < -0.39 is 22.8 Å². The zero-order chi connectivity index (χ0) is 14.2. The average molecular weight is 305 g/mol. The Bertz CT molecular complexity index is 626. The van der Waals surface area contributed by atoms with E-state index >= 15 is 0 Å². The molecule has 1 unspecified atom stereocenters. The van der Waals surface area contributed by atoms with E-state index in [9.17, 15) is 13.2 Å². The van der Waals surface area contributed by atoms with Crippen LogP contribution in [0.5, 0.6) is 0 Å². The van der Waals surface area contributed by atoms with Crippen molar-refractivity contribution >= 4 is 23.2 Å². The molecule has 5 heteroatoms. The Hall–Kier alpha value is -1.19. The summed E-state index contributed by atoms with van der Waals surface area (Å²) in [6, 6.07) is 5.93. The molecule has 0 saturated carbocycles. The zero-order valence-corrected chi connectivity index (χ0v) is 11.4. The number of hydrogen-bond donors (Lipinski definition) is 0. The van der Waals surface area contributed by atoms with E-state index in [4.69, 9.17) is 23.2 Å². The highest BCUT2D eigenvalue weighted by Gasteiger charge is 2.18. The van der Waals surface area contributed by atoms with Gasteiger partial charge in [-0.25, -0.2) is 13.2 Å². The Balaban J connectivity index is 2.46. The van der Waals surface area contributed by atoms with Crippen LogP contribution in [0.3, 0.4) is 0 Å². The van der Waals surface area contributed by atoms with Gasteiger partial charge in [-0.2, -0.15) is 0 Å². The quantitative estimate of drug-likeness (QED) is 0.652. The first-order chi connectivity index (χ1) is 8.90. The van der Waals surface area contributed by atoms with Gasteiger partial charge in [-0.1, -0.05) is 17.7 Å². The maximum absolute atomic E-state index is 13.8.